The molecule has 2 aliphatic heterocycles. The summed E-state index contributed by atoms with van der Waals surface area (Å²) in [5.41, 5.74) is 2.77. The zero-order chi connectivity index (χ0) is 17.8. The van der Waals surface area contributed by atoms with Crippen molar-refractivity contribution in [2.24, 2.45) is 5.92 Å². The minimum Gasteiger partial charge on any atom is -0.342 e. The molecule has 4 nitrogen and oxygen atoms in total. The molecule has 1 aromatic carbocycles. The second-order valence-corrected chi connectivity index (χ2v) is 7.94. The van der Waals surface area contributed by atoms with Crippen molar-refractivity contribution >= 4 is 5.91 Å². The lowest BCUT2D eigenvalue weighted by atomic mass is 10.0. The molecule has 2 saturated heterocycles. The molecule has 0 bridgehead atoms. The first-order valence-electron chi connectivity index (χ1n) is 9.80. The molecule has 0 aromatic heterocycles. The van der Waals surface area contributed by atoms with Crippen LogP contribution in [0, 0.1) is 12.8 Å². The third-order valence-electron chi connectivity index (χ3n) is 5.93. The van der Waals surface area contributed by atoms with Crippen LogP contribution in [0.25, 0.3) is 0 Å². The Morgan fingerprint density at radius 2 is 1.84 bits per heavy atom. The summed E-state index contributed by atoms with van der Waals surface area (Å²) in [5, 5.41) is 0. The van der Waals surface area contributed by atoms with Crippen molar-refractivity contribution in [3.05, 3.63) is 35.4 Å². The van der Waals surface area contributed by atoms with Crippen molar-refractivity contribution in [1.29, 1.82) is 0 Å². The van der Waals surface area contributed by atoms with Gasteiger partial charge in [-0.05, 0) is 31.2 Å². The first kappa shape index (κ1) is 18.4. The number of amides is 1. The fourth-order valence-electron chi connectivity index (χ4n) is 4.33. The maximum Gasteiger partial charge on any atom is 0.219 e. The largest absolute Gasteiger partial charge is 0.342 e. The predicted molar refractivity (Wildman–Crippen MR) is 103 cm³/mol. The van der Waals surface area contributed by atoms with Gasteiger partial charge in [0.2, 0.25) is 5.91 Å². The summed E-state index contributed by atoms with van der Waals surface area (Å²) in [4.78, 5) is 18.9. The molecule has 138 valence electrons. The van der Waals surface area contributed by atoms with Gasteiger partial charge in [-0.1, -0.05) is 36.8 Å². The highest BCUT2D eigenvalue weighted by atomic mass is 16.2. The molecule has 4 heteroatoms. The van der Waals surface area contributed by atoms with Crippen LogP contribution in [0.15, 0.2) is 24.3 Å². The smallest absolute Gasteiger partial charge is 0.219 e. The Balaban J connectivity index is 1.50. The average Bonchev–Trinajstić information content (AvgIpc) is 2.81. The van der Waals surface area contributed by atoms with Crippen molar-refractivity contribution in [2.75, 3.05) is 45.8 Å². The first-order chi connectivity index (χ1) is 12.0. The quantitative estimate of drug-likeness (QED) is 0.840. The molecule has 0 radical (unpaired) electrons. The van der Waals surface area contributed by atoms with Crippen molar-refractivity contribution in [3.63, 3.8) is 0 Å². The van der Waals surface area contributed by atoms with Crippen LogP contribution in [-0.4, -0.2) is 72.5 Å². The van der Waals surface area contributed by atoms with E-state index in [0.717, 1.165) is 45.6 Å². The fraction of sp³-hybridized carbons (Fsp3) is 0.667. The molecule has 3 rings (SSSR count). The molecule has 0 spiro atoms. The molecule has 1 aromatic rings. The predicted octanol–water partition coefficient (Wildman–Crippen LogP) is 2.41. The zero-order valence-electron chi connectivity index (χ0n) is 16.1. The summed E-state index contributed by atoms with van der Waals surface area (Å²) in [5.74, 6) is 0.933. The normalized spacial score (nSPS) is 26.0. The number of hydrogen-bond donors (Lipinski definition) is 0. The number of carbonyl (C=O) groups excluding carboxylic acids is 1. The van der Waals surface area contributed by atoms with Crippen molar-refractivity contribution < 1.29 is 4.79 Å². The lowest BCUT2D eigenvalue weighted by Crippen LogP contribution is -2.43. The molecule has 2 fully saturated rings. The maximum absolute atomic E-state index is 11.6. The van der Waals surface area contributed by atoms with Crippen LogP contribution >= 0.6 is 0 Å². The van der Waals surface area contributed by atoms with E-state index in [1.54, 1.807) is 6.92 Å². The zero-order valence-corrected chi connectivity index (χ0v) is 16.1. The van der Waals surface area contributed by atoms with E-state index in [0.29, 0.717) is 12.0 Å². The van der Waals surface area contributed by atoms with Gasteiger partial charge >= 0.3 is 0 Å². The number of aryl methyl sites for hydroxylation is 1. The van der Waals surface area contributed by atoms with Crippen molar-refractivity contribution in [3.8, 4) is 0 Å². The van der Waals surface area contributed by atoms with Gasteiger partial charge in [-0.15, -0.1) is 0 Å². The average molecular weight is 344 g/mol. The summed E-state index contributed by atoms with van der Waals surface area (Å²) in [6, 6.07) is 9.59. The summed E-state index contributed by atoms with van der Waals surface area (Å²) >= 11 is 0. The van der Waals surface area contributed by atoms with Gasteiger partial charge in [-0.3, -0.25) is 9.69 Å². The van der Waals surface area contributed by atoms with Gasteiger partial charge in [0.05, 0.1) is 0 Å². The minimum atomic E-state index is 0.223. The van der Waals surface area contributed by atoms with Crippen LogP contribution in [-0.2, 0) is 11.2 Å². The Labute approximate surface area is 152 Å². The Kier molecular flexibility index (Phi) is 6.13. The summed E-state index contributed by atoms with van der Waals surface area (Å²) in [6.45, 7) is 13.7. The summed E-state index contributed by atoms with van der Waals surface area (Å²) < 4.78 is 0. The maximum atomic E-state index is 11.6. The lowest BCUT2D eigenvalue weighted by Gasteiger charge is -2.30. The number of rotatable bonds is 4. The van der Waals surface area contributed by atoms with E-state index < -0.39 is 0 Å². The van der Waals surface area contributed by atoms with Crippen LogP contribution < -0.4 is 0 Å². The molecule has 2 heterocycles. The molecule has 25 heavy (non-hydrogen) atoms. The minimum absolute atomic E-state index is 0.223. The van der Waals surface area contributed by atoms with Gasteiger partial charge in [0.15, 0.2) is 0 Å². The third-order valence-corrected chi connectivity index (χ3v) is 5.93. The molecule has 0 unspecified atom stereocenters. The molecular formula is C21H33N3O. The third kappa shape index (κ3) is 4.83. The Morgan fingerprint density at radius 3 is 2.56 bits per heavy atom. The monoisotopic (exact) mass is 343 g/mol. The standard InChI is InChI=1S/C21H33N3O/c1-17-5-7-20(8-6-17)9-12-22-15-18(2)21(16-22)24-11-4-10-23(13-14-24)19(3)25/h5-8,18,21H,4,9-16H2,1-3H3/t18-,21-/m0/s1. The highest BCUT2D eigenvalue weighted by molar-refractivity contribution is 5.73. The van der Waals surface area contributed by atoms with Gasteiger partial charge in [0.25, 0.3) is 0 Å². The Bertz CT molecular complexity index is 571. The second-order valence-electron chi connectivity index (χ2n) is 7.94. The summed E-state index contributed by atoms with van der Waals surface area (Å²) in [6.07, 6.45) is 2.24. The van der Waals surface area contributed by atoms with E-state index in [2.05, 4.69) is 47.9 Å². The van der Waals surface area contributed by atoms with Gasteiger partial charge in [0, 0.05) is 58.8 Å². The van der Waals surface area contributed by atoms with E-state index in [-0.39, 0.29) is 5.91 Å². The van der Waals surface area contributed by atoms with E-state index in [4.69, 9.17) is 0 Å². The van der Waals surface area contributed by atoms with Gasteiger partial charge in [-0.2, -0.15) is 0 Å². The van der Waals surface area contributed by atoms with Crippen LogP contribution in [0.5, 0.6) is 0 Å². The number of carbonyl (C=O) groups is 1. The van der Waals surface area contributed by atoms with Crippen molar-refractivity contribution in [1.82, 2.24) is 14.7 Å². The number of nitrogens with zero attached hydrogens (tertiary/aromatic N) is 3. The first-order valence-corrected chi connectivity index (χ1v) is 9.80. The van der Waals surface area contributed by atoms with Crippen LogP contribution in [0.2, 0.25) is 0 Å². The van der Waals surface area contributed by atoms with Gasteiger partial charge in [0.1, 0.15) is 0 Å². The van der Waals surface area contributed by atoms with Crippen molar-refractivity contribution in [2.45, 2.75) is 39.7 Å². The number of likely N-dealkylation sites (tertiary alicyclic amines) is 1. The van der Waals surface area contributed by atoms with Crippen LogP contribution in [0.4, 0.5) is 0 Å². The van der Waals surface area contributed by atoms with Crippen LogP contribution in [0.1, 0.15) is 31.4 Å². The molecule has 0 N–H and O–H groups in total. The molecule has 2 aliphatic rings. The van der Waals surface area contributed by atoms with E-state index in [9.17, 15) is 4.79 Å². The molecular weight excluding hydrogens is 310 g/mol. The molecule has 2 atom stereocenters. The summed E-state index contributed by atoms with van der Waals surface area (Å²) in [7, 11) is 0. The lowest BCUT2D eigenvalue weighted by molar-refractivity contribution is -0.128. The van der Waals surface area contributed by atoms with Gasteiger partial charge < -0.3 is 9.80 Å². The number of hydrogen-bond acceptors (Lipinski definition) is 3. The SMILES string of the molecule is CC(=O)N1CCCN([C@H]2CN(CCc3ccc(C)cc3)C[C@@H]2C)CC1. The molecule has 0 aliphatic carbocycles. The highest BCUT2D eigenvalue weighted by Crippen LogP contribution is 2.23. The topological polar surface area (TPSA) is 26.8 Å². The van der Waals surface area contributed by atoms with Crippen LogP contribution in [0.3, 0.4) is 0 Å². The van der Waals surface area contributed by atoms with E-state index in [1.165, 1.54) is 24.2 Å². The van der Waals surface area contributed by atoms with E-state index in [1.807, 2.05) is 4.90 Å². The second kappa shape index (κ2) is 8.33. The van der Waals surface area contributed by atoms with Gasteiger partial charge in [-0.25, -0.2) is 0 Å². The molecule has 1 amide bonds. The molecule has 0 saturated carbocycles. The highest BCUT2D eigenvalue weighted by Gasteiger charge is 2.34. The van der Waals surface area contributed by atoms with E-state index >= 15 is 0 Å². The Morgan fingerprint density at radius 1 is 1.08 bits per heavy atom. The number of benzene rings is 1. The fourth-order valence-corrected chi connectivity index (χ4v) is 4.33. The Hall–Kier alpha value is -1.39.